The zero-order chi connectivity index (χ0) is 19.5. The van der Waals surface area contributed by atoms with Crippen molar-refractivity contribution in [2.75, 3.05) is 5.32 Å². The van der Waals surface area contributed by atoms with E-state index in [2.05, 4.69) is 21.4 Å². The summed E-state index contributed by atoms with van der Waals surface area (Å²) < 4.78 is 2.72. The van der Waals surface area contributed by atoms with E-state index >= 15 is 0 Å². The van der Waals surface area contributed by atoms with Gasteiger partial charge in [0.1, 0.15) is 0 Å². The van der Waals surface area contributed by atoms with Crippen LogP contribution >= 0.6 is 11.3 Å². The molecule has 4 rings (SSSR count). The number of aromatic amines is 1. The van der Waals surface area contributed by atoms with E-state index in [4.69, 9.17) is 0 Å². The molecule has 0 aliphatic carbocycles. The number of H-pyrrole nitrogens is 1. The number of rotatable bonds is 6. The molecule has 0 spiro atoms. The summed E-state index contributed by atoms with van der Waals surface area (Å²) in [5.74, 6) is -0.0743. The summed E-state index contributed by atoms with van der Waals surface area (Å²) in [6.45, 7) is 1.84. The third-order valence-corrected chi connectivity index (χ3v) is 5.61. The van der Waals surface area contributed by atoms with Crippen LogP contribution in [0.1, 0.15) is 23.5 Å². The Morgan fingerprint density at radius 1 is 1.18 bits per heavy atom. The van der Waals surface area contributed by atoms with E-state index in [9.17, 15) is 9.59 Å². The van der Waals surface area contributed by atoms with Crippen molar-refractivity contribution in [1.29, 1.82) is 0 Å². The van der Waals surface area contributed by atoms with Gasteiger partial charge in [0.15, 0.2) is 0 Å². The van der Waals surface area contributed by atoms with Gasteiger partial charge >= 0.3 is 5.69 Å². The number of hydrogen-bond donors (Lipinski definition) is 2. The Bertz CT molecular complexity index is 1160. The van der Waals surface area contributed by atoms with Crippen LogP contribution in [0.2, 0.25) is 0 Å². The van der Waals surface area contributed by atoms with E-state index in [-0.39, 0.29) is 11.6 Å². The van der Waals surface area contributed by atoms with Gasteiger partial charge in [-0.3, -0.25) is 9.36 Å². The summed E-state index contributed by atoms with van der Waals surface area (Å²) in [6.07, 6.45) is 3.53. The van der Waals surface area contributed by atoms with Crippen LogP contribution in [0.3, 0.4) is 0 Å². The SMILES string of the molecule is Cc1c[nH]c(=O)n1-c1ccccc1NC(=O)CCCc1nc2ccccc2s1. The molecule has 28 heavy (non-hydrogen) atoms. The number of carbonyl (C=O) groups excluding carboxylic acids is 1. The molecule has 2 heterocycles. The summed E-state index contributed by atoms with van der Waals surface area (Å²) in [4.78, 5) is 31.8. The van der Waals surface area contributed by atoms with Crippen molar-refractivity contribution in [3.05, 3.63) is 75.9 Å². The number of aromatic nitrogens is 3. The molecule has 0 saturated heterocycles. The lowest BCUT2D eigenvalue weighted by Gasteiger charge is -2.12. The van der Waals surface area contributed by atoms with Gasteiger partial charge in [-0.1, -0.05) is 24.3 Å². The van der Waals surface area contributed by atoms with Crippen molar-refractivity contribution in [3.8, 4) is 5.69 Å². The van der Waals surface area contributed by atoms with Gasteiger partial charge in [-0.2, -0.15) is 0 Å². The minimum atomic E-state index is -0.227. The highest BCUT2D eigenvalue weighted by Gasteiger charge is 2.12. The van der Waals surface area contributed by atoms with Crippen molar-refractivity contribution in [2.24, 2.45) is 0 Å². The van der Waals surface area contributed by atoms with Crippen LogP contribution in [0.5, 0.6) is 0 Å². The van der Waals surface area contributed by atoms with E-state index in [1.807, 2.05) is 43.3 Å². The number of amides is 1. The van der Waals surface area contributed by atoms with Gasteiger partial charge in [0.05, 0.1) is 26.6 Å². The average Bonchev–Trinajstić information content (AvgIpc) is 3.25. The van der Waals surface area contributed by atoms with E-state index in [0.717, 1.165) is 29.1 Å². The number of imidazole rings is 1. The molecule has 0 saturated carbocycles. The van der Waals surface area contributed by atoms with Gasteiger partial charge < -0.3 is 10.3 Å². The maximum absolute atomic E-state index is 12.4. The number of aryl methyl sites for hydroxylation is 2. The molecule has 0 bridgehead atoms. The quantitative estimate of drug-likeness (QED) is 0.520. The molecule has 142 valence electrons. The summed E-state index contributed by atoms with van der Waals surface area (Å²) in [6, 6.07) is 15.4. The van der Waals surface area contributed by atoms with Crippen LogP contribution in [0, 0.1) is 6.92 Å². The van der Waals surface area contributed by atoms with Crippen molar-refractivity contribution in [2.45, 2.75) is 26.2 Å². The summed E-state index contributed by atoms with van der Waals surface area (Å²) in [5, 5.41) is 3.98. The van der Waals surface area contributed by atoms with E-state index < -0.39 is 0 Å². The Labute approximate surface area is 165 Å². The normalized spacial score (nSPS) is 11.0. The van der Waals surface area contributed by atoms with Gasteiger partial charge in [-0.15, -0.1) is 11.3 Å². The zero-order valence-corrected chi connectivity index (χ0v) is 16.3. The van der Waals surface area contributed by atoms with Gasteiger partial charge in [0.2, 0.25) is 5.91 Å². The second-order valence-corrected chi connectivity index (χ2v) is 7.68. The number of fused-ring (bicyclic) bond motifs is 1. The highest BCUT2D eigenvalue weighted by molar-refractivity contribution is 7.18. The van der Waals surface area contributed by atoms with E-state index in [1.54, 1.807) is 28.2 Å². The highest BCUT2D eigenvalue weighted by Crippen LogP contribution is 2.23. The topological polar surface area (TPSA) is 79.8 Å². The maximum atomic E-state index is 12.4. The molecule has 7 heteroatoms. The van der Waals surface area contributed by atoms with Crippen molar-refractivity contribution in [1.82, 2.24) is 14.5 Å². The monoisotopic (exact) mass is 392 g/mol. The first-order chi connectivity index (χ1) is 13.6. The molecular weight excluding hydrogens is 372 g/mol. The lowest BCUT2D eigenvalue weighted by Crippen LogP contribution is -2.19. The number of nitrogens with zero attached hydrogens (tertiary/aromatic N) is 2. The Hall–Kier alpha value is -3.19. The summed E-state index contributed by atoms with van der Waals surface area (Å²) in [5.41, 5.74) is 2.84. The first-order valence-electron chi connectivity index (χ1n) is 9.12. The number of carbonyl (C=O) groups is 1. The third kappa shape index (κ3) is 3.75. The molecule has 2 N–H and O–H groups in total. The first kappa shape index (κ1) is 18.2. The number of para-hydroxylation sites is 3. The summed E-state index contributed by atoms with van der Waals surface area (Å²) in [7, 11) is 0. The number of thiazole rings is 1. The fraction of sp³-hybridized carbons (Fsp3) is 0.190. The summed E-state index contributed by atoms with van der Waals surface area (Å²) >= 11 is 1.67. The van der Waals surface area contributed by atoms with Crippen molar-refractivity contribution >= 4 is 33.1 Å². The van der Waals surface area contributed by atoms with Gasteiger partial charge in [-0.25, -0.2) is 9.78 Å². The predicted octanol–water partition coefficient (Wildman–Crippen LogP) is 4.05. The van der Waals surface area contributed by atoms with Crippen LogP contribution in [-0.2, 0) is 11.2 Å². The number of anilines is 1. The minimum absolute atomic E-state index is 0.0743. The van der Waals surface area contributed by atoms with Gasteiger partial charge in [0.25, 0.3) is 0 Å². The van der Waals surface area contributed by atoms with Gasteiger partial charge in [-0.05, 0) is 44.0 Å². The molecule has 4 aromatic rings. The largest absolute Gasteiger partial charge is 0.330 e. The lowest BCUT2D eigenvalue weighted by molar-refractivity contribution is -0.116. The molecule has 0 fully saturated rings. The lowest BCUT2D eigenvalue weighted by atomic mass is 10.2. The zero-order valence-electron chi connectivity index (χ0n) is 15.4. The fourth-order valence-corrected chi connectivity index (χ4v) is 4.18. The molecule has 0 atom stereocenters. The minimum Gasteiger partial charge on any atom is -0.324 e. The number of nitrogens with one attached hydrogen (secondary N) is 2. The Morgan fingerprint density at radius 2 is 1.96 bits per heavy atom. The number of hydrogen-bond acceptors (Lipinski definition) is 4. The standard InChI is InChI=1S/C21H20N4O2S/c1-14-13-22-21(27)25(14)17-9-4-2-7-15(17)23-19(26)11-6-12-20-24-16-8-3-5-10-18(16)28-20/h2-5,7-10,13H,6,11-12H2,1H3,(H,22,27)(H,23,26). The smallest absolute Gasteiger partial charge is 0.324 e. The molecule has 1 amide bonds. The second kappa shape index (κ2) is 7.82. The molecule has 6 nitrogen and oxygen atoms in total. The van der Waals surface area contributed by atoms with Crippen molar-refractivity contribution < 1.29 is 4.79 Å². The molecule has 0 aliphatic rings. The Morgan fingerprint density at radius 3 is 2.75 bits per heavy atom. The second-order valence-electron chi connectivity index (χ2n) is 6.56. The van der Waals surface area contributed by atoms with Crippen LogP contribution < -0.4 is 11.0 Å². The molecule has 0 aliphatic heterocycles. The van der Waals surface area contributed by atoms with E-state index in [1.165, 1.54) is 4.70 Å². The number of benzene rings is 2. The average molecular weight is 392 g/mol. The van der Waals surface area contributed by atoms with Crippen LogP contribution in [0.4, 0.5) is 5.69 Å². The van der Waals surface area contributed by atoms with Crippen LogP contribution in [0.15, 0.2) is 59.5 Å². The van der Waals surface area contributed by atoms with Gasteiger partial charge in [0, 0.05) is 18.3 Å². The Kier molecular flexibility index (Phi) is 5.08. The fourth-order valence-electron chi connectivity index (χ4n) is 3.17. The molecule has 0 unspecified atom stereocenters. The molecular formula is C21H20N4O2S. The van der Waals surface area contributed by atoms with Crippen LogP contribution in [0.25, 0.3) is 15.9 Å². The third-order valence-electron chi connectivity index (χ3n) is 4.51. The first-order valence-corrected chi connectivity index (χ1v) is 9.94. The highest BCUT2D eigenvalue weighted by atomic mass is 32.1. The Balaban J connectivity index is 1.41. The molecule has 0 radical (unpaired) electrons. The maximum Gasteiger partial charge on any atom is 0.330 e. The molecule has 2 aromatic heterocycles. The van der Waals surface area contributed by atoms with E-state index in [0.29, 0.717) is 17.8 Å². The van der Waals surface area contributed by atoms with Crippen LogP contribution in [-0.4, -0.2) is 20.4 Å². The van der Waals surface area contributed by atoms with Crippen molar-refractivity contribution in [3.63, 3.8) is 0 Å². The molecule has 2 aromatic carbocycles. The predicted molar refractivity (Wildman–Crippen MR) is 112 cm³/mol.